The normalized spacial score (nSPS) is 33.3. The van der Waals surface area contributed by atoms with E-state index in [1.165, 1.54) is 109 Å². The van der Waals surface area contributed by atoms with Gasteiger partial charge in [-0.2, -0.15) is 21.6 Å². The summed E-state index contributed by atoms with van der Waals surface area (Å²) < 4.78 is 57.5. The molecule has 4 nitrogen and oxygen atoms in total. The van der Waals surface area contributed by atoms with E-state index < -0.39 is 15.6 Å². The van der Waals surface area contributed by atoms with Gasteiger partial charge >= 0.3 is 15.6 Å². The Hall–Kier alpha value is 1.35. The summed E-state index contributed by atoms with van der Waals surface area (Å²) in [5, 5.41) is 0. The fourth-order valence-corrected chi connectivity index (χ4v) is 20.7. The molecule has 0 aromatic heterocycles. The molecule has 0 saturated heterocycles. The summed E-state index contributed by atoms with van der Waals surface area (Å²) in [5.74, 6) is 7.92. The number of nitrogens with zero attached hydrogens (tertiary/aromatic N) is 1. The second kappa shape index (κ2) is 25.9. The maximum absolute atomic E-state index is 10.7. The van der Waals surface area contributed by atoms with E-state index in [2.05, 4.69) is 26.9 Å². The zero-order chi connectivity index (χ0) is 37.7. The van der Waals surface area contributed by atoms with Crippen LogP contribution in [0, 0.1) is 47.3 Å². The Balaban J connectivity index is 0.000000908. The first-order valence-corrected chi connectivity index (χ1v) is 30.4. The van der Waals surface area contributed by atoms with E-state index in [1.807, 2.05) is 0 Å². The van der Waals surface area contributed by atoms with E-state index in [4.69, 9.17) is 18.0 Å². The van der Waals surface area contributed by atoms with Crippen LogP contribution in [0.3, 0.4) is 0 Å². The zero-order valence-corrected chi connectivity index (χ0v) is 39.9. The average Bonchev–Trinajstić information content (AvgIpc) is 3.12. The fourth-order valence-electron chi connectivity index (χ4n) is 11.4. The Morgan fingerprint density at radius 2 is 0.815 bits per heavy atom. The van der Waals surface area contributed by atoms with Crippen molar-refractivity contribution in [3.8, 4) is 0 Å². The number of aliphatic imine (C=N–C) groups is 1. The van der Waals surface area contributed by atoms with E-state index in [1.54, 1.807) is 68.4 Å². The second-order valence-corrected chi connectivity index (χ2v) is 28.1. The van der Waals surface area contributed by atoms with Gasteiger partial charge in [0.15, 0.2) is 0 Å². The molecule has 5 rings (SSSR count). The Bertz CT molecular complexity index is 1160. The largest absolute Gasteiger partial charge is 0.522 e. The zero-order valence-electron chi connectivity index (χ0n) is 34.4. The molecule has 5 aliphatic rings. The maximum Gasteiger partial charge on any atom is 0.522 e. The first-order chi connectivity index (χ1) is 24.7. The van der Waals surface area contributed by atoms with Gasteiger partial charge in [-0.15, -0.1) is 0 Å². The molecule has 315 valence electrons. The SMILES string of the molecule is CC1=NCC(C2CCCCC2)C[PH+](C)CC(C2CCCCC2)C[PH+](C)CC(C2CCCCC2)C[PH+](C)CC1C1CCCCC1.O=S(=O)(O)C(F)(F)F.[B].[Ru]. The summed E-state index contributed by atoms with van der Waals surface area (Å²) >= 11 is 0. The molecule has 0 amide bonds. The molecular weight excluding hydrogens is 848 g/mol. The minimum atomic E-state index is -5.84. The molecule has 0 spiro atoms. The molecule has 3 radical (unpaired) electrons. The molecule has 0 aromatic rings. The van der Waals surface area contributed by atoms with Gasteiger partial charge in [0.25, 0.3) is 0 Å². The van der Waals surface area contributed by atoms with Crippen molar-refractivity contribution in [1.82, 2.24) is 0 Å². The van der Waals surface area contributed by atoms with Crippen LogP contribution in [-0.2, 0) is 29.6 Å². The smallest absolute Gasteiger partial charge is 0.294 e. The minimum absolute atomic E-state index is 0. The van der Waals surface area contributed by atoms with Crippen LogP contribution < -0.4 is 0 Å². The second-order valence-electron chi connectivity index (χ2n) is 18.5. The molecule has 4 fully saturated rings. The Morgan fingerprint density at radius 3 is 1.15 bits per heavy atom. The number of alkyl halides is 3. The Kier molecular flexibility index (Phi) is 24.7. The predicted octanol–water partition coefficient (Wildman–Crippen LogP) is 11.8. The van der Waals surface area contributed by atoms with Gasteiger partial charge in [0.1, 0.15) is 0 Å². The van der Waals surface area contributed by atoms with Crippen LogP contribution in [0.15, 0.2) is 4.99 Å². The third kappa shape index (κ3) is 17.5. The molecule has 13 heteroatoms. The third-order valence-corrected chi connectivity index (χ3v) is 22.0. The Morgan fingerprint density at radius 1 is 0.537 bits per heavy atom. The van der Waals surface area contributed by atoms with Crippen LogP contribution in [0.1, 0.15) is 135 Å². The van der Waals surface area contributed by atoms with E-state index >= 15 is 0 Å². The molecule has 1 aliphatic heterocycles. The summed E-state index contributed by atoms with van der Waals surface area (Å²) in [5.41, 5.74) is -3.92. The van der Waals surface area contributed by atoms with Crippen molar-refractivity contribution < 1.29 is 45.6 Å². The van der Waals surface area contributed by atoms with Crippen molar-refractivity contribution in [2.45, 2.75) is 141 Å². The molecule has 4 saturated carbocycles. The molecule has 7 unspecified atom stereocenters. The molecule has 0 aromatic carbocycles. The summed E-state index contributed by atoms with van der Waals surface area (Å²) in [6.45, 7) is 12.1. The van der Waals surface area contributed by atoms with Gasteiger partial charge in [-0.1, -0.05) is 77.0 Å². The topological polar surface area (TPSA) is 66.7 Å². The molecular formula is C41H78BF3NO3P3RuS+3. The number of halogens is 3. The quantitative estimate of drug-likeness (QED) is 0.132. The molecule has 1 heterocycles. The van der Waals surface area contributed by atoms with Gasteiger partial charge in [-0.3, -0.25) is 9.55 Å². The van der Waals surface area contributed by atoms with Crippen molar-refractivity contribution in [3.63, 3.8) is 0 Å². The predicted molar refractivity (Wildman–Crippen MR) is 234 cm³/mol. The van der Waals surface area contributed by atoms with E-state index in [9.17, 15) is 13.2 Å². The molecule has 54 heavy (non-hydrogen) atoms. The van der Waals surface area contributed by atoms with Gasteiger partial charge in [0.05, 0.1) is 37.0 Å². The van der Waals surface area contributed by atoms with E-state index in [0.29, 0.717) is 0 Å². The average molecular weight is 927 g/mol. The number of hydrogen-bond acceptors (Lipinski definition) is 3. The van der Waals surface area contributed by atoms with Crippen LogP contribution in [0.25, 0.3) is 0 Å². The standard InChI is InChI=1S/C40H74NP3.CHF3O3S.B.Ru/c1-32-40(36-23-15-8-16-24-36)31-44(4)30-39(35-21-13-7-14-22-35)29-43(3)28-38(34-19-11-6-12-20-34)27-42(2)26-37(25-41-32)33-17-9-5-10-18-33;2-1(3,4)8(5,6)7;;/h33-40H,5-31H2,1-4H3;(H,5,6,7);;/p+3. The minimum Gasteiger partial charge on any atom is -0.294 e. The summed E-state index contributed by atoms with van der Waals surface area (Å²) in [4.78, 5) is 5.72. The third-order valence-electron chi connectivity index (χ3n) is 14.2. The molecule has 4 aliphatic carbocycles. The van der Waals surface area contributed by atoms with Crippen LogP contribution in [0.5, 0.6) is 0 Å². The number of rotatable bonds is 4. The van der Waals surface area contributed by atoms with Crippen LogP contribution in [-0.4, -0.2) is 96.1 Å². The van der Waals surface area contributed by atoms with Crippen molar-refractivity contribution in [3.05, 3.63) is 0 Å². The summed E-state index contributed by atoms with van der Waals surface area (Å²) in [7, 11) is -6.75. The van der Waals surface area contributed by atoms with E-state index in [0.717, 1.165) is 47.3 Å². The van der Waals surface area contributed by atoms with Gasteiger partial charge in [0.2, 0.25) is 0 Å². The fraction of sp³-hybridized carbons (Fsp3) is 0.976. The van der Waals surface area contributed by atoms with Crippen molar-refractivity contribution >= 4 is 48.0 Å². The van der Waals surface area contributed by atoms with Crippen LogP contribution in [0.2, 0.25) is 0 Å². The van der Waals surface area contributed by atoms with Gasteiger partial charge < -0.3 is 0 Å². The van der Waals surface area contributed by atoms with Crippen molar-refractivity contribution in [1.29, 1.82) is 0 Å². The number of hydrogen-bond donors (Lipinski definition) is 1. The summed E-state index contributed by atoms with van der Waals surface area (Å²) in [6.07, 6.45) is 40.1. The van der Waals surface area contributed by atoms with E-state index in [-0.39, 0.29) is 51.7 Å². The summed E-state index contributed by atoms with van der Waals surface area (Å²) in [6, 6.07) is 0. The van der Waals surface area contributed by atoms with Crippen molar-refractivity contribution in [2.75, 3.05) is 63.5 Å². The van der Waals surface area contributed by atoms with Crippen molar-refractivity contribution in [2.24, 2.45) is 52.3 Å². The van der Waals surface area contributed by atoms with Crippen LogP contribution >= 0.6 is 23.8 Å². The molecule has 0 bridgehead atoms. The first kappa shape index (κ1) is 51.5. The van der Waals surface area contributed by atoms with Gasteiger partial charge in [-0.05, 0) is 106 Å². The Labute approximate surface area is 348 Å². The van der Waals surface area contributed by atoms with Gasteiger partial charge in [0, 0.05) is 83.8 Å². The van der Waals surface area contributed by atoms with Crippen LogP contribution in [0.4, 0.5) is 13.2 Å². The maximum atomic E-state index is 10.7. The molecule has 1 N–H and O–H groups in total. The monoisotopic (exact) mass is 927 g/mol. The first-order valence-electron chi connectivity index (χ1n) is 21.7. The molecule has 7 atom stereocenters. The van der Waals surface area contributed by atoms with Gasteiger partial charge in [-0.25, -0.2) is 0 Å².